The molecule has 6 nitrogen and oxygen atoms in total. The molecule has 0 aromatic carbocycles. The van der Waals surface area contributed by atoms with Gasteiger partial charge in [-0.05, 0) is 12.1 Å². The Hall–Kier alpha value is -1.32. The van der Waals surface area contributed by atoms with Crippen molar-refractivity contribution in [2.75, 3.05) is 18.9 Å². The maximum Gasteiger partial charge on any atom is 0.283 e. The summed E-state index contributed by atoms with van der Waals surface area (Å²) in [7, 11) is -4.16. The van der Waals surface area contributed by atoms with Crippen LogP contribution in [0.1, 0.15) is 0 Å². The van der Waals surface area contributed by atoms with E-state index in [9.17, 15) is 17.2 Å². The second-order valence-corrected chi connectivity index (χ2v) is 4.96. The number of aromatic nitrogens is 1. The Bertz CT molecular complexity index is 493. The van der Waals surface area contributed by atoms with Crippen LogP contribution in [0, 0.1) is 0 Å². The number of pyridine rings is 1. The van der Waals surface area contributed by atoms with Gasteiger partial charge in [-0.1, -0.05) is 0 Å². The highest BCUT2D eigenvalue weighted by atomic mass is 32.2. The van der Waals surface area contributed by atoms with Gasteiger partial charge in [0.05, 0.1) is 6.54 Å². The van der Waals surface area contributed by atoms with Crippen LogP contribution in [-0.4, -0.2) is 37.6 Å². The lowest BCUT2D eigenvalue weighted by molar-refractivity contribution is -0.0437. The van der Waals surface area contributed by atoms with Crippen molar-refractivity contribution in [3.05, 3.63) is 18.3 Å². The quantitative estimate of drug-likeness (QED) is 0.671. The summed E-state index contributed by atoms with van der Waals surface area (Å²) in [4.78, 5) is 3.15. The number of hydrogen-bond acceptors (Lipinski definition) is 5. The third kappa shape index (κ3) is 3.58. The molecule has 0 atom stereocenters. The summed E-state index contributed by atoms with van der Waals surface area (Å²) < 4.78 is 50.1. The molecule has 0 spiro atoms. The summed E-state index contributed by atoms with van der Waals surface area (Å²) in [6.45, 7) is -2.65. The Morgan fingerprint density at radius 1 is 1.53 bits per heavy atom. The highest BCUT2D eigenvalue weighted by Gasteiger charge is 2.30. The first-order valence-electron chi connectivity index (χ1n) is 4.47. The van der Waals surface area contributed by atoms with Crippen molar-refractivity contribution in [3.8, 4) is 0 Å². The van der Waals surface area contributed by atoms with Gasteiger partial charge in [0.15, 0.2) is 0 Å². The fourth-order valence-electron chi connectivity index (χ4n) is 0.964. The summed E-state index contributed by atoms with van der Waals surface area (Å²) in [6, 6.07) is 2.46. The molecule has 17 heavy (non-hydrogen) atoms. The van der Waals surface area contributed by atoms with Gasteiger partial charge in [0.2, 0.25) is 10.0 Å². The Morgan fingerprint density at radius 2 is 2.18 bits per heavy atom. The lowest BCUT2D eigenvalue weighted by atomic mass is 10.4. The van der Waals surface area contributed by atoms with Gasteiger partial charge >= 0.3 is 0 Å². The summed E-state index contributed by atoms with van der Waals surface area (Å²) in [6.07, 6.45) is 1.27. The van der Waals surface area contributed by atoms with E-state index in [1.54, 1.807) is 4.72 Å². The van der Waals surface area contributed by atoms with E-state index in [-0.39, 0.29) is 10.7 Å². The van der Waals surface area contributed by atoms with E-state index in [2.05, 4.69) is 4.98 Å². The minimum Gasteiger partial charge on any atom is -0.390 e. The van der Waals surface area contributed by atoms with Gasteiger partial charge < -0.3 is 10.8 Å². The van der Waals surface area contributed by atoms with Gasteiger partial charge in [0.1, 0.15) is 17.3 Å². The fourth-order valence-corrected chi connectivity index (χ4v) is 2.11. The van der Waals surface area contributed by atoms with E-state index in [0.717, 1.165) is 6.07 Å². The van der Waals surface area contributed by atoms with E-state index in [1.165, 1.54) is 12.3 Å². The molecule has 4 N–H and O–H groups in total. The largest absolute Gasteiger partial charge is 0.390 e. The average Bonchev–Trinajstić information content (AvgIpc) is 2.27. The highest BCUT2D eigenvalue weighted by Crippen LogP contribution is 2.16. The molecule has 1 aromatic heterocycles. The van der Waals surface area contributed by atoms with Crippen LogP contribution in [0.2, 0.25) is 0 Å². The van der Waals surface area contributed by atoms with Gasteiger partial charge in [-0.2, -0.15) is 0 Å². The van der Waals surface area contributed by atoms with Crippen LogP contribution in [0.25, 0.3) is 0 Å². The first-order chi connectivity index (χ1) is 7.78. The Labute approximate surface area is 96.5 Å². The zero-order chi connectivity index (χ0) is 13.1. The maximum atomic E-state index is 12.7. The minimum atomic E-state index is -4.16. The monoisotopic (exact) mass is 267 g/mol. The molecule has 9 heteroatoms. The number of rotatable bonds is 5. The number of nitrogens with one attached hydrogen (secondary N) is 1. The molecule has 1 rings (SSSR count). The Kier molecular flexibility index (Phi) is 3.96. The molecule has 0 fully saturated rings. The van der Waals surface area contributed by atoms with E-state index in [1.807, 2.05) is 0 Å². The molecule has 1 aromatic rings. The number of halogens is 2. The second kappa shape index (κ2) is 4.90. The number of nitrogens with two attached hydrogens (primary N) is 1. The molecular weight excluding hydrogens is 256 g/mol. The van der Waals surface area contributed by atoms with Crippen molar-refractivity contribution >= 4 is 15.8 Å². The van der Waals surface area contributed by atoms with E-state index in [4.69, 9.17) is 10.8 Å². The molecule has 0 aliphatic carbocycles. The normalized spacial score (nSPS) is 12.6. The minimum absolute atomic E-state index is 0.285. The molecule has 0 aliphatic heterocycles. The number of alkyl halides is 2. The number of nitrogen functional groups attached to an aromatic ring is 1. The van der Waals surface area contributed by atoms with Gasteiger partial charge in [0.25, 0.3) is 5.92 Å². The lowest BCUT2D eigenvalue weighted by Gasteiger charge is -2.14. The van der Waals surface area contributed by atoms with Crippen molar-refractivity contribution in [3.63, 3.8) is 0 Å². The molecule has 96 valence electrons. The number of hydrogen-bond donors (Lipinski definition) is 3. The Morgan fingerprint density at radius 3 is 2.71 bits per heavy atom. The van der Waals surface area contributed by atoms with Crippen molar-refractivity contribution in [2.45, 2.75) is 10.8 Å². The average molecular weight is 267 g/mol. The molecule has 0 unspecified atom stereocenters. The van der Waals surface area contributed by atoms with Crippen LogP contribution < -0.4 is 10.5 Å². The smallest absolute Gasteiger partial charge is 0.283 e. The fraction of sp³-hybridized carbons (Fsp3) is 0.375. The van der Waals surface area contributed by atoms with Crippen LogP contribution in [0.3, 0.4) is 0 Å². The van der Waals surface area contributed by atoms with Crippen LogP contribution in [0.15, 0.2) is 23.2 Å². The first kappa shape index (κ1) is 13.7. The third-order valence-electron chi connectivity index (χ3n) is 1.84. The number of aliphatic hydroxyl groups excluding tert-OH is 1. The van der Waals surface area contributed by atoms with Crippen LogP contribution >= 0.6 is 0 Å². The molecule has 0 amide bonds. The molecule has 0 bridgehead atoms. The second-order valence-electron chi connectivity index (χ2n) is 3.23. The van der Waals surface area contributed by atoms with E-state index < -0.39 is 29.1 Å². The standard InChI is InChI=1S/C8H11F2N3O3S/c9-8(10,5-14)4-13-17(15,16)6-2-1-3-12-7(6)11/h1-3,13-14H,4-5H2,(H2,11,12). The number of anilines is 1. The van der Waals surface area contributed by atoms with E-state index in [0.29, 0.717) is 0 Å². The van der Waals surface area contributed by atoms with Crippen molar-refractivity contribution < 1.29 is 22.3 Å². The summed E-state index contributed by atoms with van der Waals surface area (Å²) >= 11 is 0. The molecule has 1 heterocycles. The number of aliphatic hydroxyl groups is 1. The highest BCUT2D eigenvalue weighted by molar-refractivity contribution is 7.89. The van der Waals surface area contributed by atoms with Crippen molar-refractivity contribution in [1.82, 2.24) is 9.71 Å². The van der Waals surface area contributed by atoms with Crippen LogP contribution in [0.4, 0.5) is 14.6 Å². The molecule has 0 aliphatic rings. The topological polar surface area (TPSA) is 105 Å². The van der Waals surface area contributed by atoms with Gasteiger partial charge in [-0.15, -0.1) is 0 Å². The van der Waals surface area contributed by atoms with Crippen molar-refractivity contribution in [1.29, 1.82) is 0 Å². The molecular formula is C8H11F2N3O3S. The zero-order valence-electron chi connectivity index (χ0n) is 8.60. The summed E-state index contributed by atoms with van der Waals surface area (Å²) in [5.41, 5.74) is 5.31. The predicted molar refractivity (Wildman–Crippen MR) is 55.9 cm³/mol. The molecule has 0 radical (unpaired) electrons. The zero-order valence-corrected chi connectivity index (χ0v) is 9.42. The molecule has 0 saturated carbocycles. The maximum absolute atomic E-state index is 12.7. The first-order valence-corrected chi connectivity index (χ1v) is 5.96. The van der Waals surface area contributed by atoms with Crippen LogP contribution in [-0.2, 0) is 10.0 Å². The molecule has 0 saturated heterocycles. The van der Waals surface area contributed by atoms with Gasteiger partial charge in [-0.25, -0.2) is 26.9 Å². The van der Waals surface area contributed by atoms with Gasteiger partial charge in [0, 0.05) is 6.20 Å². The van der Waals surface area contributed by atoms with Gasteiger partial charge in [-0.3, -0.25) is 0 Å². The number of nitrogens with zero attached hydrogens (tertiary/aromatic N) is 1. The third-order valence-corrected chi connectivity index (χ3v) is 3.29. The summed E-state index contributed by atoms with van der Waals surface area (Å²) in [5, 5.41) is 8.29. The van der Waals surface area contributed by atoms with Crippen molar-refractivity contribution in [2.24, 2.45) is 0 Å². The summed E-state index contributed by atoms with van der Waals surface area (Å²) in [5.74, 6) is -3.81. The van der Waals surface area contributed by atoms with E-state index >= 15 is 0 Å². The Balaban J connectivity index is 2.88. The number of sulfonamides is 1. The SMILES string of the molecule is Nc1ncccc1S(=O)(=O)NCC(F)(F)CO. The van der Waals surface area contributed by atoms with Crippen LogP contribution in [0.5, 0.6) is 0 Å². The lowest BCUT2D eigenvalue weighted by Crippen LogP contribution is -2.39. The predicted octanol–water partition coefficient (Wildman–Crippen LogP) is -0.430.